The molecule has 0 bridgehead atoms. The standard InChI is InChI=1S/C33H53NO4/c1-3-4-21-34(38)31(37)14-12-10-8-6-5-7-9-11-13-24-22-25-23-26(35)15-16-27(25)28-19-20-33(2)29(32(24)28)17-18-30(33)36/h15-16,23-24,28-30,32,35-36,38H,3-14,17-22H2,1-2H3/t24-,28-,29+,30+,32-,33+/m1/s1. The number of aromatic hydroxyl groups is 1. The highest BCUT2D eigenvalue weighted by Crippen LogP contribution is 2.62. The van der Waals surface area contributed by atoms with Crippen LogP contribution in [0.2, 0.25) is 0 Å². The van der Waals surface area contributed by atoms with Crippen molar-refractivity contribution in [2.24, 2.45) is 23.2 Å². The number of rotatable bonds is 14. The lowest BCUT2D eigenvalue weighted by Crippen LogP contribution is -2.47. The van der Waals surface area contributed by atoms with Gasteiger partial charge in [-0.15, -0.1) is 0 Å². The summed E-state index contributed by atoms with van der Waals surface area (Å²) in [5, 5.41) is 31.7. The molecule has 2 saturated carbocycles. The van der Waals surface area contributed by atoms with Crippen molar-refractivity contribution in [2.45, 2.75) is 135 Å². The molecule has 1 aromatic rings. The molecule has 4 rings (SSSR count). The maximum atomic E-state index is 11.9. The number of hydrogen-bond donors (Lipinski definition) is 3. The van der Waals surface area contributed by atoms with Crippen molar-refractivity contribution in [3.63, 3.8) is 0 Å². The van der Waals surface area contributed by atoms with Gasteiger partial charge in [0.05, 0.1) is 6.10 Å². The first kappa shape index (κ1) is 29.4. The Bertz CT molecular complexity index is 903. The molecule has 1 aromatic carbocycles. The lowest BCUT2D eigenvalue weighted by atomic mass is 9.52. The van der Waals surface area contributed by atoms with Crippen LogP contribution in [0.5, 0.6) is 5.75 Å². The molecule has 6 atom stereocenters. The number of benzene rings is 1. The van der Waals surface area contributed by atoms with Crippen molar-refractivity contribution < 1.29 is 20.2 Å². The van der Waals surface area contributed by atoms with Crippen LogP contribution >= 0.6 is 0 Å². The first-order chi connectivity index (χ1) is 18.3. The summed E-state index contributed by atoms with van der Waals surface area (Å²) < 4.78 is 0. The molecule has 3 aliphatic rings. The number of aliphatic hydroxyl groups excluding tert-OH is 1. The second-order valence-corrected chi connectivity index (χ2v) is 13.0. The molecule has 0 radical (unpaired) electrons. The molecule has 3 N–H and O–H groups in total. The number of phenols is 1. The van der Waals surface area contributed by atoms with E-state index in [9.17, 15) is 20.2 Å². The number of phenolic OH excluding ortho intramolecular Hbond substituents is 1. The van der Waals surface area contributed by atoms with E-state index in [4.69, 9.17) is 0 Å². The van der Waals surface area contributed by atoms with Gasteiger partial charge in [0.25, 0.3) is 0 Å². The summed E-state index contributed by atoms with van der Waals surface area (Å²) in [6, 6.07) is 6.09. The molecule has 5 nitrogen and oxygen atoms in total. The minimum Gasteiger partial charge on any atom is -0.508 e. The number of carbonyl (C=O) groups is 1. The van der Waals surface area contributed by atoms with Gasteiger partial charge in [0, 0.05) is 13.0 Å². The number of hydrogen-bond acceptors (Lipinski definition) is 4. The fraction of sp³-hybridized carbons (Fsp3) is 0.788. The van der Waals surface area contributed by atoms with Gasteiger partial charge in [0.2, 0.25) is 5.91 Å². The highest BCUT2D eigenvalue weighted by atomic mass is 16.5. The third kappa shape index (κ3) is 6.75. The zero-order chi connectivity index (χ0) is 27.1. The van der Waals surface area contributed by atoms with Gasteiger partial charge in [-0.25, -0.2) is 5.06 Å². The van der Waals surface area contributed by atoms with Gasteiger partial charge in [-0.3, -0.25) is 10.0 Å². The van der Waals surface area contributed by atoms with Gasteiger partial charge >= 0.3 is 0 Å². The first-order valence-electron chi connectivity index (χ1n) is 15.8. The van der Waals surface area contributed by atoms with Gasteiger partial charge in [-0.2, -0.15) is 0 Å². The van der Waals surface area contributed by atoms with E-state index in [-0.39, 0.29) is 17.4 Å². The average molecular weight is 528 g/mol. The van der Waals surface area contributed by atoms with E-state index in [1.165, 1.54) is 68.9 Å². The van der Waals surface area contributed by atoms with Crippen molar-refractivity contribution >= 4 is 5.91 Å². The van der Waals surface area contributed by atoms with E-state index in [0.29, 0.717) is 42.4 Å². The van der Waals surface area contributed by atoms with Crippen LogP contribution in [-0.2, 0) is 11.2 Å². The summed E-state index contributed by atoms with van der Waals surface area (Å²) in [6.45, 7) is 4.87. The molecule has 0 heterocycles. The second-order valence-electron chi connectivity index (χ2n) is 13.0. The fourth-order valence-corrected chi connectivity index (χ4v) is 8.34. The zero-order valence-electron chi connectivity index (χ0n) is 24.0. The Balaban J connectivity index is 1.19. The van der Waals surface area contributed by atoms with E-state index in [0.717, 1.165) is 50.0 Å². The number of carbonyl (C=O) groups excluding carboxylic acids is 1. The number of nitrogens with zero attached hydrogens (tertiary/aromatic N) is 1. The Morgan fingerprint density at radius 3 is 2.45 bits per heavy atom. The van der Waals surface area contributed by atoms with Crippen molar-refractivity contribution in [1.29, 1.82) is 0 Å². The van der Waals surface area contributed by atoms with Crippen molar-refractivity contribution in [2.75, 3.05) is 6.54 Å². The van der Waals surface area contributed by atoms with Crippen LogP contribution in [0.3, 0.4) is 0 Å². The van der Waals surface area contributed by atoms with E-state index in [1.54, 1.807) is 0 Å². The molecular weight excluding hydrogens is 474 g/mol. The smallest absolute Gasteiger partial charge is 0.245 e. The topological polar surface area (TPSA) is 81.0 Å². The van der Waals surface area contributed by atoms with Crippen LogP contribution in [0.1, 0.15) is 134 Å². The van der Waals surface area contributed by atoms with Crippen LogP contribution in [-0.4, -0.2) is 39.0 Å². The van der Waals surface area contributed by atoms with E-state index < -0.39 is 0 Å². The fourth-order valence-electron chi connectivity index (χ4n) is 8.34. The Labute approximate surface area is 231 Å². The van der Waals surface area contributed by atoms with Crippen LogP contribution in [0.4, 0.5) is 0 Å². The second kappa shape index (κ2) is 13.7. The van der Waals surface area contributed by atoms with Gasteiger partial charge in [-0.05, 0) is 104 Å². The summed E-state index contributed by atoms with van der Waals surface area (Å²) in [5.74, 6) is 2.80. The minimum absolute atomic E-state index is 0.0867. The van der Waals surface area contributed by atoms with Crippen LogP contribution in [0.25, 0.3) is 0 Å². The predicted molar refractivity (Wildman–Crippen MR) is 152 cm³/mol. The van der Waals surface area contributed by atoms with E-state index in [1.807, 2.05) is 12.1 Å². The Hall–Kier alpha value is -1.59. The molecule has 2 fully saturated rings. The number of hydroxylamine groups is 2. The lowest BCUT2D eigenvalue weighted by Gasteiger charge is -2.53. The molecule has 0 aliphatic heterocycles. The van der Waals surface area contributed by atoms with Crippen LogP contribution in [0.15, 0.2) is 18.2 Å². The van der Waals surface area contributed by atoms with Crippen molar-refractivity contribution in [1.82, 2.24) is 5.06 Å². The Kier molecular flexibility index (Phi) is 10.6. The molecule has 5 heteroatoms. The van der Waals surface area contributed by atoms with Crippen molar-refractivity contribution in [3.8, 4) is 5.75 Å². The van der Waals surface area contributed by atoms with Crippen LogP contribution < -0.4 is 0 Å². The Morgan fingerprint density at radius 2 is 1.71 bits per heavy atom. The highest BCUT2D eigenvalue weighted by molar-refractivity contribution is 5.74. The molecule has 38 heavy (non-hydrogen) atoms. The van der Waals surface area contributed by atoms with Gasteiger partial charge in [-0.1, -0.05) is 71.3 Å². The van der Waals surface area contributed by atoms with E-state index in [2.05, 4.69) is 19.9 Å². The summed E-state index contributed by atoms with van der Waals surface area (Å²) >= 11 is 0. The van der Waals surface area contributed by atoms with Gasteiger partial charge in [0.1, 0.15) is 5.75 Å². The molecule has 0 saturated heterocycles. The average Bonchev–Trinajstić information content (AvgIpc) is 3.21. The number of amides is 1. The molecule has 214 valence electrons. The minimum atomic E-state index is -0.142. The quantitative estimate of drug-likeness (QED) is 0.131. The third-order valence-corrected chi connectivity index (χ3v) is 10.6. The van der Waals surface area contributed by atoms with Gasteiger partial charge in [0.15, 0.2) is 0 Å². The van der Waals surface area contributed by atoms with Crippen molar-refractivity contribution in [3.05, 3.63) is 29.3 Å². The van der Waals surface area contributed by atoms with E-state index >= 15 is 0 Å². The summed E-state index contributed by atoms with van der Waals surface area (Å²) in [4.78, 5) is 11.9. The summed E-state index contributed by atoms with van der Waals surface area (Å²) in [6.07, 6.45) is 18.3. The molecule has 1 amide bonds. The maximum Gasteiger partial charge on any atom is 0.245 e. The number of unbranched alkanes of at least 4 members (excludes halogenated alkanes) is 8. The van der Waals surface area contributed by atoms with Gasteiger partial charge < -0.3 is 10.2 Å². The zero-order valence-corrected chi connectivity index (χ0v) is 24.0. The third-order valence-electron chi connectivity index (χ3n) is 10.6. The molecule has 0 unspecified atom stereocenters. The SMILES string of the molecule is CCCCN(O)C(=O)CCCCCCCCCC[C@@H]1Cc2cc(O)ccc2[C@H]2CC[C@]3(C)[C@@H](O)CC[C@H]3[C@H]12. The summed E-state index contributed by atoms with van der Waals surface area (Å²) in [5.41, 5.74) is 2.93. The molecular formula is C33H53NO4. The lowest BCUT2D eigenvalue weighted by molar-refractivity contribution is -0.165. The Morgan fingerprint density at radius 1 is 1.00 bits per heavy atom. The monoisotopic (exact) mass is 527 g/mol. The first-order valence-corrected chi connectivity index (χ1v) is 15.8. The molecule has 3 aliphatic carbocycles. The normalized spacial score (nSPS) is 29.9. The number of fused-ring (bicyclic) bond motifs is 5. The maximum absolute atomic E-state index is 11.9. The number of aliphatic hydroxyl groups is 1. The molecule has 0 aromatic heterocycles. The predicted octanol–water partition coefficient (Wildman–Crippen LogP) is 7.75. The largest absolute Gasteiger partial charge is 0.508 e. The summed E-state index contributed by atoms with van der Waals surface area (Å²) in [7, 11) is 0. The highest BCUT2D eigenvalue weighted by Gasteiger charge is 2.56. The molecule has 0 spiro atoms. The van der Waals surface area contributed by atoms with Crippen LogP contribution in [0, 0.1) is 23.2 Å².